The van der Waals surface area contributed by atoms with Gasteiger partial charge < -0.3 is 5.32 Å². The lowest BCUT2D eigenvalue weighted by atomic mass is 10.1. The number of anilines is 1. The van der Waals surface area contributed by atoms with E-state index in [1.54, 1.807) is 18.3 Å². The van der Waals surface area contributed by atoms with Gasteiger partial charge in [-0.3, -0.25) is 19.5 Å². The van der Waals surface area contributed by atoms with E-state index in [0.29, 0.717) is 11.6 Å². The molecule has 1 aromatic heterocycles. The SMILES string of the molecule is O=C1c2ccc(F)cc2C(=O)N1CCNc1ccnc2cc(Cl)ccc12. The summed E-state index contributed by atoms with van der Waals surface area (Å²) >= 11 is 5.98. The number of carbonyl (C=O) groups is 2. The summed E-state index contributed by atoms with van der Waals surface area (Å²) in [6, 6.07) is 10.8. The van der Waals surface area contributed by atoms with E-state index in [2.05, 4.69) is 10.3 Å². The predicted octanol–water partition coefficient (Wildman–Crippen LogP) is 3.74. The fourth-order valence-electron chi connectivity index (χ4n) is 3.04. The lowest BCUT2D eigenvalue weighted by Crippen LogP contribution is -2.34. The number of halogens is 2. The normalized spacial score (nSPS) is 13.4. The van der Waals surface area contributed by atoms with E-state index < -0.39 is 17.6 Å². The van der Waals surface area contributed by atoms with E-state index in [9.17, 15) is 14.0 Å². The van der Waals surface area contributed by atoms with Crippen molar-refractivity contribution in [1.29, 1.82) is 0 Å². The Labute approximate surface area is 153 Å². The van der Waals surface area contributed by atoms with Gasteiger partial charge in [0, 0.05) is 35.4 Å². The molecule has 0 bridgehead atoms. The average molecular weight is 370 g/mol. The minimum Gasteiger partial charge on any atom is -0.383 e. The number of carbonyl (C=O) groups excluding carboxylic acids is 2. The second kappa shape index (κ2) is 6.38. The zero-order valence-corrected chi connectivity index (χ0v) is 14.3. The van der Waals surface area contributed by atoms with Crippen molar-refractivity contribution in [2.24, 2.45) is 0 Å². The van der Waals surface area contributed by atoms with Gasteiger partial charge in [-0.05, 0) is 42.5 Å². The summed E-state index contributed by atoms with van der Waals surface area (Å²) in [6.45, 7) is 0.529. The van der Waals surface area contributed by atoms with Gasteiger partial charge in [0.25, 0.3) is 11.8 Å². The standard InChI is InChI=1S/C19H13ClFN3O2/c20-11-1-3-14-16(5-6-22-17(14)9-11)23-7-8-24-18(25)13-4-2-12(21)10-15(13)19(24)26/h1-6,9-10H,7-8H2,(H,22,23). The minimum atomic E-state index is -0.535. The average Bonchev–Trinajstić information content (AvgIpc) is 2.86. The molecule has 5 nitrogen and oxygen atoms in total. The summed E-state index contributed by atoms with van der Waals surface area (Å²) in [4.78, 5) is 30.1. The van der Waals surface area contributed by atoms with Crippen LogP contribution in [0.3, 0.4) is 0 Å². The summed E-state index contributed by atoms with van der Waals surface area (Å²) in [6.07, 6.45) is 1.66. The highest BCUT2D eigenvalue weighted by Gasteiger charge is 2.35. The topological polar surface area (TPSA) is 62.3 Å². The third-order valence-corrected chi connectivity index (χ3v) is 4.52. The molecule has 0 atom stereocenters. The minimum absolute atomic E-state index is 0.110. The predicted molar refractivity (Wildman–Crippen MR) is 97.0 cm³/mol. The number of nitrogens with zero attached hydrogens (tertiary/aromatic N) is 2. The van der Waals surface area contributed by atoms with Crippen LogP contribution in [0.5, 0.6) is 0 Å². The molecule has 0 spiro atoms. The fourth-order valence-corrected chi connectivity index (χ4v) is 3.21. The highest BCUT2D eigenvalue weighted by atomic mass is 35.5. The lowest BCUT2D eigenvalue weighted by molar-refractivity contribution is 0.0660. The van der Waals surface area contributed by atoms with Gasteiger partial charge in [-0.15, -0.1) is 0 Å². The molecule has 1 aliphatic heterocycles. The summed E-state index contributed by atoms with van der Waals surface area (Å²) < 4.78 is 13.3. The number of nitrogens with one attached hydrogen (secondary N) is 1. The summed E-state index contributed by atoms with van der Waals surface area (Å²) in [5.41, 5.74) is 1.92. The Morgan fingerprint density at radius 3 is 2.69 bits per heavy atom. The van der Waals surface area contributed by atoms with Crippen LogP contribution < -0.4 is 5.32 Å². The Kier molecular flexibility index (Phi) is 4.05. The van der Waals surface area contributed by atoms with Crippen molar-refractivity contribution in [3.8, 4) is 0 Å². The summed E-state index contributed by atoms with van der Waals surface area (Å²) in [5, 5.41) is 4.70. The first-order chi connectivity index (χ1) is 12.5. The van der Waals surface area contributed by atoms with Crippen molar-refractivity contribution < 1.29 is 14.0 Å². The van der Waals surface area contributed by atoms with Crippen molar-refractivity contribution in [3.63, 3.8) is 0 Å². The Balaban J connectivity index is 1.49. The zero-order valence-electron chi connectivity index (χ0n) is 13.5. The van der Waals surface area contributed by atoms with Gasteiger partial charge in [0.15, 0.2) is 0 Å². The van der Waals surface area contributed by atoms with Crippen LogP contribution in [-0.2, 0) is 0 Å². The third kappa shape index (κ3) is 2.78. The molecule has 0 saturated heterocycles. The largest absolute Gasteiger partial charge is 0.383 e. The van der Waals surface area contributed by atoms with Crippen LogP contribution in [0.2, 0.25) is 5.02 Å². The van der Waals surface area contributed by atoms with Crippen LogP contribution in [-0.4, -0.2) is 34.8 Å². The van der Waals surface area contributed by atoms with Gasteiger partial charge in [0.2, 0.25) is 0 Å². The zero-order chi connectivity index (χ0) is 18.3. The highest BCUT2D eigenvalue weighted by Crippen LogP contribution is 2.25. The molecule has 0 saturated carbocycles. The van der Waals surface area contributed by atoms with E-state index in [0.717, 1.165) is 27.6 Å². The first kappa shape index (κ1) is 16.5. The van der Waals surface area contributed by atoms with Gasteiger partial charge in [-0.25, -0.2) is 4.39 Å². The van der Waals surface area contributed by atoms with E-state index in [1.807, 2.05) is 12.1 Å². The third-order valence-electron chi connectivity index (χ3n) is 4.29. The molecule has 2 heterocycles. The number of pyridine rings is 1. The summed E-state index contributed by atoms with van der Waals surface area (Å²) in [7, 11) is 0. The van der Waals surface area contributed by atoms with Crippen molar-refractivity contribution in [3.05, 3.63) is 70.6 Å². The maximum Gasteiger partial charge on any atom is 0.261 e. The van der Waals surface area contributed by atoms with Gasteiger partial charge in [-0.1, -0.05) is 11.6 Å². The van der Waals surface area contributed by atoms with Crippen LogP contribution in [0.15, 0.2) is 48.7 Å². The first-order valence-corrected chi connectivity index (χ1v) is 8.36. The number of imide groups is 1. The maximum atomic E-state index is 13.3. The Hall–Kier alpha value is -2.99. The maximum absolute atomic E-state index is 13.3. The van der Waals surface area contributed by atoms with E-state index in [4.69, 9.17) is 11.6 Å². The Morgan fingerprint density at radius 2 is 1.85 bits per heavy atom. The number of amides is 2. The van der Waals surface area contributed by atoms with Gasteiger partial charge in [-0.2, -0.15) is 0 Å². The van der Waals surface area contributed by atoms with Crippen LogP contribution in [0.1, 0.15) is 20.7 Å². The number of hydrogen-bond acceptors (Lipinski definition) is 4. The molecule has 0 aliphatic carbocycles. The number of hydrogen-bond donors (Lipinski definition) is 1. The van der Waals surface area contributed by atoms with Crippen molar-refractivity contribution in [2.75, 3.05) is 18.4 Å². The van der Waals surface area contributed by atoms with Gasteiger partial charge >= 0.3 is 0 Å². The number of fused-ring (bicyclic) bond motifs is 2. The van der Waals surface area contributed by atoms with Crippen molar-refractivity contribution in [1.82, 2.24) is 9.88 Å². The van der Waals surface area contributed by atoms with Crippen LogP contribution in [0.4, 0.5) is 10.1 Å². The molecule has 1 aliphatic rings. The van der Waals surface area contributed by atoms with Crippen molar-refractivity contribution >= 4 is 40.0 Å². The molecule has 7 heteroatoms. The molecule has 0 fully saturated rings. The Bertz CT molecular complexity index is 1050. The molecule has 0 unspecified atom stereocenters. The van der Waals surface area contributed by atoms with Crippen LogP contribution in [0.25, 0.3) is 10.9 Å². The second-order valence-corrected chi connectivity index (χ2v) is 6.34. The lowest BCUT2D eigenvalue weighted by Gasteiger charge is -2.15. The fraction of sp³-hybridized carbons (Fsp3) is 0.105. The first-order valence-electron chi connectivity index (χ1n) is 7.98. The molecule has 0 radical (unpaired) electrons. The molecule has 2 aromatic carbocycles. The van der Waals surface area contributed by atoms with Crippen LogP contribution in [0, 0.1) is 5.82 Å². The van der Waals surface area contributed by atoms with E-state index in [-0.39, 0.29) is 17.7 Å². The van der Waals surface area contributed by atoms with E-state index >= 15 is 0 Å². The number of rotatable bonds is 4. The van der Waals surface area contributed by atoms with Crippen LogP contribution >= 0.6 is 11.6 Å². The molecule has 3 aromatic rings. The van der Waals surface area contributed by atoms with Gasteiger partial charge in [0.05, 0.1) is 16.6 Å². The quantitative estimate of drug-likeness (QED) is 0.712. The second-order valence-electron chi connectivity index (χ2n) is 5.90. The number of benzene rings is 2. The van der Waals surface area contributed by atoms with Gasteiger partial charge in [0.1, 0.15) is 5.82 Å². The highest BCUT2D eigenvalue weighted by molar-refractivity contribution is 6.31. The molecule has 26 heavy (non-hydrogen) atoms. The smallest absolute Gasteiger partial charge is 0.261 e. The Morgan fingerprint density at radius 1 is 1.04 bits per heavy atom. The molecule has 4 rings (SSSR count). The molecular formula is C19H13ClFN3O2. The van der Waals surface area contributed by atoms with Crippen molar-refractivity contribution in [2.45, 2.75) is 0 Å². The monoisotopic (exact) mass is 369 g/mol. The summed E-state index contributed by atoms with van der Waals surface area (Å²) in [5.74, 6) is -1.41. The molecule has 130 valence electrons. The van der Waals surface area contributed by atoms with E-state index in [1.165, 1.54) is 12.1 Å². The number of aromatic nitrogens is 1. The molecular weight excluding hydrogens is 357 g/mol. The molecule has 2 amide bonds. The molecule has 1 N–H and O–H groups in total.